The van der Waals surface area contributed by atoms with Gasteiger partial charge < -0.3 is 4.74 Å². The molecule has 0 aliphatic heterocycles. The lowest BCUT2D eigenvalue weighted by atomic mass is 9.93. The summed E-state index contributed by atoms with van der Waals surface area (Å²) in [5, 5.41) is 0. The van der Waals surface area contributed by atoms with Crippen LogP contribution >= 0.6 is 0 Å². The van der Waals surface area contributed by atoms with E-state index in [-0.39, 0.29) is 11.8 Å². The smallest absolute Gasteiger partial charge is 0.316 e. The predicted octanol–water partition coefficient (Wildman–Crippen LogP) is 17.9. The zero-order valence-electron chi connectivity index (χ0n) is 37.8. The summed E-state index contributed by atoms with van der Waals surface area (Å²) in [5.41, 5.74) is 0. The van der Waals surface area contributed by atoms with Crippen molar-refractivity contribution >= 4 is 11.8 Å². The maximum absolute atomic E-state index is 13.3. The highest BCUT2D eigenvalue weighted by atomic mass is 16.5. The summed E-state index contributed by atoms with van der Waals surface area (Å²) in [6, 6.07) is 0. The molecule has 3 nitrogen and oxygen atoms in total. The maximum atomic E-state index is 13.3. The van der Waals surface area contributed by atoms with Crippen molar-refractivity contribution in [3.63, 3.8) is 0 Å². The Kier molecular flexibility index (Phi) is 45.8. The molecule has 0 amide bonds. The molecule has 0 radical (unpaired) electrons. The van der Waals surface area contributed by atoms with Crippen LogP contribution in [0.3, 0.4) is 0 Å². The Balaban J connectivity index is 4.29. The second-order valence-corrected chi connectivity index (χ2v) is 17.1. The SMILES string of the molecule is CCCCCCCC/C=C\CCCCCCCC(=O)C(CCCCCC/C=C\CCCCCCCC)C(=O)OCCCCCCCCCCCCCCCC. The first kappa shape index (κ1) is 53.6. The molecule has 0 aromatic heterocycles. The monoisotopic (exact) mass is 771 g/mol. The van der Waals surface area contributed by atoms with E-state index < -0.39 is 5.92 Å². The molecule has 3 heteroatoms. The third-order valence-corrected chi connectivity index (χ3v) is 11.6. The second kappa shape index (κ2) is 47.0. The summed E-state index contributed by atoms with van der Waals surface area (Å²) in [5.74, 6) is -0.674. The van der Waals surface area contributed by atoms with E-state index in [0.717, 1.165) is 44.9 Å². The molecule has 1 atom stereocenters. The van der Waals surface area contributed by atoms with Gasteiger partial charge in [0.15, 0.2) is 0 Å². The minimum atomic E-state index is -0.555. The average Bonchev–Trinajstić information content (AvgIpc) is 3.19. The Hall–Kier alpha value is -1.38. The van der Waals surface area contributed by atoms with Crippen LogP contribution in [0, 0.1) is 5.92 Å². The molecule has 0 saturated heterocycles. The molecule has 0 saturated carbocycles. The molecule has 0 spiro atoms. The number of ether oxygens (including phenoxy) is 1. The molecule has 324 valence electrons. The van der Waals surface area contributed by atoms with Crippen molar-refractivity contribution in [2.45, 2.75) is 284 Å². The summed E-state index contributed by atoms with van der Waals surface area (Å²) in [4.78, 5) is 26.5. The minimum absolute atomic E-state index is 0.126. The molecule has 0 aromatic carbocycles. The molecule has 0 aromatic rings. The number of hydrogen-bond acceptors (Lipinski definition) is 3. The summed E-state index contributed by atoms with van der Waals surface area (Å²) < 4.78 is 5.76. The third kappa shape index (κ3) is 42.1. The zero-order chi connectivity index (χ0) is 40.0. The molecule has 0 aliphatic rings. The average molecular weight is 771 g/mol. The van der Waals surface area contributed by atoms with E-state index in [1.165, 1.54) is 205 Å². The van der Waals surface area contributed by atoms with Gasteiger partial charge in [0.25, 0.3) is 0 Å². The number of hydrogen-bond donors (Lipinski definition) is 0. The fourth-order valence-corrected chi connectivity index (χ4v) is 7.77. The number of esters is 1. The quantitative estimate of drug-likeness (QED) is 0.0268. The van der Waals surface area contributed by atoms with Gasteiger partial charge in [-0.2, -0.15) is 0 Å². The molecule has 0 heterocycles. The van der Waals surface area contributed by atoms with Gasteiger partial charge in [-0.1, -0.05) is 231 Å². The van der Waals surface area contributed by atoms with Gasteiger partial charge in [-0.3, -0.25) is 9.59 Å². The standard InChI is InChI=1S/C52H98O3/c1-4-7-10-13-16-19-22-25-28-30-33-36-39-42-45-48-51(53)50(47-44-41-38-35-32-29-26-23-20-17-14-11-8-5-2)52(54)55-49-46-43-40-37-34-31-27-24-21-18-15-12-9-6-3/h25-26,28-29,50H,4-24,27,30-49H2,1-3H3/b28-25-,29-26-. The van der Waals surface area contributed by atoms with Crippen molar-refractivity contribution in [3.8, 4) is 0 Å². The fourth-order valence-electron chi connectivity index (χ4n) is 7.77. The first-order chi connectivity index (χ1) is 27.2. The highest BCUT2D eigenvalue weighted by Crippen LogP contribution is 2.20. The molecule has 55 heavy (non-hydrogen) atoms. The molecular formula is C52H98O3. The van der Waals surface area contributed by atoms with Crippen LogP contribution in [0.25, 0.3) is 0 Å². The van der Waals surface area contributed by atoms with Crippen molar-refractivity contribution in [2.75, 3.05) is 6.61 Å². The lowest BCUT2D eigenvalue weighted by Gasteiger charge is -2.15. The van der Waals surface area contributed by atoms with E-state index in [4.69, 9.17) is 4.74 Å². The molecule has 0 N–H and O–H groups in total. The van der Waals surface area contributed by atoms with Gasteiger partial charge in [-0.25, -0.2) is 0 Å². The van der Waals surface area contributed by atoms with Crippen molar-refractivity contribution in [2.24, 2.45) is 5.92 Å². The molecule has 0 rings (SSSR count). The molecule has 1 unspecified atom stereocenters. The van der Waals surface area contributed by atoms with E-state index in [2.05, 4.69) is 45.1 Å². The van der Waals surface area contributed by atoms with Crippen LogP contribution in [0.2, 0.25) is 0 Å². The van der Waals surface area contributed by atoms with Gasteiger partial charge in [-0.15, -0.1) is 0 Å². The van der Waals surface area contributed by atoms with E-state index in [1.807, 2.05) is 0 Å². The number of carbonyl (C=O) groups excluding carboxylic acids is 2. The second-order valence-electron chi connectivity index (χ2n) is 17.1. The lowest BCUT2D eigenvalue weighted by molar-refractivity contribution is -0.152. The Labute approximate surface area is 345 Å². The number of carbonyl (C=O) groups is 2. The van der Waals surface area contributed by atoms with Crippen LogP contribution in [0.4, 0.5) is 0 Å². The molecule has 0 aliphatic carbocycles. The topological polar surface area (TPSA) is 43.4 Å². The van der Waals surface area contributed by atoms with Crippen molar-refractivity contribution in [1.29, 1.82) is 0 Å². The van der Waals surface area contributed by atoms with Crippen molar-refractivity contribution in [3.05, 3.63) is 24.3 Å². The number of ketones is 1. The summed E-state index contributed by atoms with van der Waals surface area (Å²) in [7, 11) is 0. The lowest BCUT2D eigenvalue weighted by Crippen LogP contribution is -2.26. The predicted molar refractivity (Wildman–Crippen MR) is 244 cm³/mol. The number of unbranched alkanes of at least 4 members (excludes halogenated alkanes) is 34. The molecule has 0 fully saturated rings. The van der Waals surface area contributed by atoms with E-state index in [1.54, 1.807) is 0 Å². The zero-order valence-corrected chi connectivity index (χ0v) is 37.8. The highest BCUT2D eigenvalue weighted by molar-refractivity contribution is 5.98. The Morgan fingerprint density at radius 1 is 0.364 bits per heavy atom. The highest BCUT2D eigenvalue weighted by Gasteiger charge is 2.27. The van der Waals surface area contributed by atoms with Gasteiger partial charge in [0, 0.05) is 6.42 Å². The summed E-state index contributed by atoms with van der Waals surface area (Å²) in [6.45, 7) is 7.31. The van der Waals surface area contributed by atoms with Gasteiger partial charge >= 0.3 is 5.97 Å². The van der Waals surface area contributed by atoms with Crippen LogP contribution in [-0.4, -0.2) is 18.4 Å². The van der Waals surface area contributed by atoms with Crippen LogP contribution in [0.1, 0.15) is 284 Å². The number of rotatable bonds is 46. The molecular weight excluding hydrogens is 673 g/mol. The summed E-state index contributed by atoms with van der Waals surface area (Å²) in [6.07, 6.45) is 60.3. The van der Waals surface area contributed by atoms with Gasteiger partial charge in [0.1, 0.15) is 11.7 Å². The van der Waals surface area contributed by atoms with Gasteiger partial charge in [0.2, 0.25) is 0 Å². The van der Waals surface area contributed by atoms with Gasteiger partial charge in [-0.05, 0) is 70.6 Å². The Morgan fingerprint density at radius 3 is 1.02 bits per heavy atom. The number of allylic oxidation sites excluding steroid dienone is 4. The van der Waals surface area contributed by atoms with Crippen LogP contribution in [0.15, 0.2) is 24.3 Å². The summed E-state index contributed by atoms with van der Waals surface area (Å²) >= 11 is 0. The number of Topliss-reactive ketones (excluding diaryl/α,β-unsaturated/α-hetero) is 1. The van der Waals surface area contributed by atoms with Crippen LogP contribution in [0.5, 0.6) is 0 Å². The van der Waals surface area contributed by atoms with E-state index in [0.29, 0.717) is 19.4 Å². The largest absolute Gasteiger partial charge is 0.465 e. The Bertz CT molecular complexity index is 829. The normalized spacial score (nSPS) is 12.3. The van der Waals surface area contributed by atoms with E-state index in [9.17, 15) is 9.59 Å². The first-order valence-electron chi connectivity index (χ1n) is 25.2. The third-order valence-electron chi connectivity index (χ3n) is 11.6. The van der Waals surface area contributed by atoms with Gasteiger partial charge in [0.05, 0.1) is 6.61 Å². The Morgan fingerprint density at radius 2 is 0.655 bits per heavy atom. The van der Waals surface area contributed by atoms with Crippen molar-refractivity contribution < 1.29 is 14.3 Å². The maximum Gasteiger partial charge on any atom is 0.316 e. The van der Waals surface area contributed by atoms with Crippen LogP contribution < -0.4 is 0 Å². The van der Waals surface area contributed by atoms with Crippen molar-refractivity contribution in [1.82, 2.24) is 0 Å². The first-order valence-corrected chi connectivity index (χ1v) is 25.2. The van der Waals surface area contributed by atoms with Crippen LogP contribution in [-0.2, 0) is 14.3 Å². The van der Waals surface area contributed by atoms with E-state index >= 15 is 0 Å². The minimum Gasteiger partial charge on any atom is -0.465 e. The molecule has 0 bridgehead atoms. The fraction of sp³-hybridized carbons (Fsp3) is 0.885.